The van der Waals surface area contributed by atoms with Crippen molar-refractivity contribution in [3.05, 3.63) is 40.4 Å². The fraction of sp³-hybridized carbons (Fsp3) is 0.286. The van der Waals surface area contributed by atoms with Crippen LogP contribution in [0.3, 0.4) is 0 Å². The van der Waals surface area contributed by atoms with Crippen molar-refractivity contribution in [2.75, 3.05) is 11.9 Å². The van der Waals surface area contributed by atoms with Crippen LogP contribution in [0.4, 0.5) is 5.13 Å². The molecule has 1 amide bonds. The fourth-order valence-electron chi connectivity index (χ4n) is 1.86. The van der Waals surface area contributed by atoms with Gasteiger partial charge >= 0.3 is 0 Å². The van der Waals surface area contributed by atoms with Crippen LogP contribution in [0.15, 0.2) is 28.5 Å². The second-order valence-corrected chi connectivity index (χ2v) is 7.35. The lowest BCUT2D eigenvalue weighted by atomic mass is 10.1. The molecule has 0 saturated heterocycles. The molecule has 0 saturated carbocycles. The second kappa shape index (κ2) is 6.55. The molecule has 22 heavy (non-hydrogen) atoms. The number of nitrogens with zero attached hydrogens (tertiary/aromatic N) is 1. The number of anilines is 1. The van der Waals surface area contributed by atoms with Crippen molar-refractivity contribution >= 4 is 32.4 Å². The Balaban J connectivity index is 2.32. The number of hydrogen-bond donors (Lipinski definition) is 2. The molecule has 0 aliphatic carbocycles. The quantitative estimate of drug-likeness (QED) is 0.875. The van der Waals surface area contributed by atoms with Crippen LogP contribution < -0.4 is 10.0 Å². The molecule has 1 aromatic carbocycles. The summed E-state index contributed by atoms with van der Waals surface area (Å²) in [5.74, 6) is -0.375. The third-order valence-electron chi connectivity index (χ3n) is 2.94. The van der Waals surface area contributed by atoms with E-state index in [1.165, 1.54) is 23.5 Å². The molecule has 118 valence electrons. The van der Waals surface area contributed by atoms with Crippen molar-refractivity contribution in [1.82, 2.24) is 9.71 Å². The number of nitrogens with one attached hydrogen (secondary N) is 2. The normalized spacial score (nSPS) is 11.4. The first-order chi connectivity index (χ1) is 10.3. The number of thiazole rings is 1. The minimum absolute atomic E-state index is 0.0698. The second-order valence-electron chi connectivity index (χ2n) is 4.73. The number of sulfonamides is 1. The van der Waals surface area contributed by atoms with Crippen LogP contribution in [0.5, 0.6) is 0 Å². The maximum absolute atomic E-state index is 12.3. The van der Waals surface area contributed by atoms with E-state index in [1.54, 1.807) is 19.9 Å². The summed E-state index contributed by atoms with van der Waals surface area (Å²) in [6, 6.07) is 4.48. The van der Waals surface area contributed by atoms with Crippen molar-refractivity contribution in [1.29, 1.82) is 0 Å². The van der Waals surface area contributed by atoms with Crippen molar-refractivity contribution in [3.63, 3.8) is 0 Å². The zero-order valence-electron chi connectivity index (χ0n) is 12.5. The summed E-state index contributed by atoms with van der Waals surface area (Å²) in [5.41, 5.74) is 1.83. The average molecular weight is 339 g/mol. The fourth-order valence-corrected chi connectivity index (χ4v) is 3.61. The van der Waals surface area contributed by atoms with E-state index in [0.29, 0.717) is 16.3 Å². The van der Waals surface area contributed by atoms with E-state index in [9.17, 15) is 13.2 Å². The Morgan fingerprint density at radius 1 is 1.32 bits per heavy atom. The molecule has 0 radical (unpaired) electrons. The highest BCUT2D eigenvalue weighted by molar-refractivity contribution is 7.89. The van der Waals surface area contributed by atoms with Gasteiger partial charge in [-0.25, -0.2) is 18.1 Å². The Labute approximate surface area is 133 Å². The molecule has 0 aliphatic rings. The molecular formula is C14H17N3O3S2. The molecule has 0 atom stereocenters. The first-order valence-corrected chi connectivity index (χ1v) is 9.03. The van der Waals surface area contributed by atoms with Crippen LogP contribution in [-0.2, 0) is 10.0 Å². The number of carbonyl (C=O) groups is 1. The van der Waals surface area contributed by atoms with E-state index in [4.69, 9.17) is 0 Å². The summed E-state index contributed by atoms with van der Waals surface area (Å²) in [6.07, 6.45) is 0. The van der Waals surface area contributed by atoms with Crippen LogP contribution in [0.2, 0.25) is 0 Å². The monoisotopic (exact) mass is 339 g/mol. The van der Waals surface area contributed by atoms with Gasteiger partial charge in [0, 0.05) is 17.5 Å². The Bertz CT molecular complexity index is 797. The van der Waals surface area contributed by atoms with Crippen LogP contribution in [-0.4, -0.2) is 25.9 Å². The Kier molecular flexibility index (Phi) is 4.94. The van der Waals surface area contributed by atoms with Gasteiger partial charge in [-0.05, 0) is 31.5 Å². The predicted molar refractivity (Wildman–Crippen MR) is 86.8 cm³/mol. The van der Waals surface area contributed by atoms with Gasteiger partial charge in [-0.1, -0.05) is 13.0 Å². The van der Waals surface area contributed by atoms with E-state index in [1.807, 2.05) is 12.3 Å². The van der Waals surface area contributed by atoms with Gasteiger partial charge in [0.15, 0.2) is 5.13 Å². The average Bonchev–Trinajstić information content (AvgIpc) is 2.84. The molecule has 2 aromatic rings. The van der Waals surface area contributed by atoms with Gasteiger partial charge in [0.2, 0.25) is 10.0 Å². The van der Waals surface area contributed by atoms with Gasteiger partial charge in [0.05, 0.1) is 10.6 Å². The largest absolute Gasteiger partial charge is 0.298 e. The van der Waals surface area contributed by atoms with Crippen LogP contribution in [0.1, 0.15) is 28.5 Å². The number of rotatable bonds is 5. The van der Waals surface area contributed by atoms with Crippen molar-refractivity contribution in [2.24, 2.45) is 0 Å². The molecule has 0 unspecified atom stereocenters. The molecule has 2 N–H and O–H groups in total. The summed E-state index contributed by atoms with van der Waals surface area (Å²) in [7, 11) is -3.59. The highest BCUT2D eigenvalue weighted by Crippen LogP contribution is 2.19. The SMILES string of the molecule is CCNS(=O)(=O)c1ccc(C)c(C(=O)Nc2nc(C)cs2)c1. The standard InChI is InChI=1S/C14H17N3O3S2/c1-4-15-22(19,20)11-6-5-9(2)12(7-11)13(18)17-14-16-10(3)8-21-14/h5-8,15H,4H2,1-3H3,(H,16,17,18). The van der Waals surface area contributed by atoms with Gasteiger partial charge in [-0.3, -0.25) is 10.1 Å². The molecule has 1 heterocycles. The topological polar surface area (TPSA) is 88.2 Å². The molecule has 8 heteroatoms. The van der Waals surface area contributed by atoms with Gasteiger partial charge in [0.25, 0.3) is 5.91 Å². The number of carbonyl (C=O) groups excluding carboxylic acids is 1. The van der Waals surface area contributed by atoms with E-state index >= 15 is 0 Å². The number of aromatic nitrogens is 1. The molecule has 2 rings (SSSR count). The summed E-state index contributed by atoms with van der Waals surface area (Å²) >= 11 is 1.32. The Morgan fingerprint density at radius 3 is 2.64 bits per heavy atom. The number of benzene rings is 1. The van der Waals surface area contributed by atoms with Crippen molar-refractivity contribution in [3.8, 4) is 0 Å². The lowest BCUT2D eigenvalue weighted by molar-refractivity contribution is 0.102. The van der Waals surface area contributed by atoms with E-state index in [0.717, 1.165) is 5.69 Å². The number of amides is 1. The minimum Gasteiger partial charge on any atom is -0.298 e. The maximum atomic E-state index is 12.3. The maximum Gasteiger partial charge on any atom is 0.257 e. The highest BCUT2D eigenvalue weighted by atomic mass is 32.2. The number of hydrogen-bond acceptors (Lipinski definition) is 5. The summed E-state index contributed by atoms with van der Waals surface area (Å²) in [4.78, 5) is 16.6. The lowest BCUT2D eigenvalue weighted by Gasteiger charge is -2.09. The summed E-state index contributed by atoms with van der Waals surface area (Å²) in [5, 5.41) is 5.00. The smallest absolute Gasteiger partial charge is 0.257 e. The van der Waals surface area contributed by atoms with E-state index < -0.39 is 10.0 Å². The van der Waals surface area contributed by atoms with Gasteiger partial charge in [0.1, 0.15) is 0 Å². The third-order valence-corrected chi connectivity index (χ3v) is 5.36. The zero-order chi connectivity index (χ0) is 16.3. The van der Waals surface area contributed by atoms with Crippen molar-refractivity contribution < 1.29 is 13.2 Å². The molecule has 0 aliphatic heterocycles. The van der Waals surface area contributed by atoms with E-state index in [-0.39, 0.29) is 17.3 Å². The van der Waals surface area contributed by atoms with Gasteiger partial charge < -0.3 is 0 Å². The molecule has 0 fully saturated rings. The lowest BCUT2D eigenvalue weighted by Crippen LogP contribution is -2.24. The minimum atomic E-state index is -3.59. The first-order valence-electron chi connectivity index (χ1n) is 6.67. The zero-order valence-corrected chi connectivity index (χ0v) is 14.1. The highest BCUT2D eigenvalue weighted by Gasteiger charge is 2.17. The van der Waals surface area contributed by atoms with E-state index in [2.05, 4.69) is 15.0 Å². The molecule has 1 aromatic heterocycles. The Hall–Kier alpha value is -1.77. The van der Waals surface area contributed by atoms with Crippen LogP contribution in [0.25, 0.3) is 0 Å². The first kappa shape index (κ1) is 16.6. The summed E-state index contributed by atoms with van der Waals surface area (Å²) in [6.45, 7) is 5.58. The van der Waals surface area contributed by atoms with Crippen molar-refractivity contribution in [2.45, 2.75) is 25.7 Å². The molecule has 6 nitrogen and oxygen atoms in total. The van der Waals surface area contributed by atoms with Gasteiger partial charge in [-0.2, -0.15) is 0 Å². The van der Waals surface area contributed by atoms with Crippen LogP contribution in [0, 0.1) is 13.8 Å². The third kappa shape index (κ3) is 3.70. The van der Waals surface area contributed by atoms with Crippen LogP contribution >= 0.6 is 11.3 Å². The summed E-state index contributed by atoms with van der Waals surface area (Å²) < 4.78 is 26.5. The molecule has 0 spiro atoms. The molecular weight excluding hydrogens is 322 g/mol. The number of aryl methyl sites for hydroxylation is 2. The Morgan fingerprint density at radius 2 is 2.05 bits per heavy atom. The van der Waals surface area contributed by atoms with Gasteiger partial charge in [-0.15, -0.1) is 11.3 Å². The predicted octanol–water partition coefficient (Wildman–Crippen LogP) is 2.31. The molecule has 0 bridgehead atoms.